The van der Waals surface area contributed by atoms with Gasteiger partial charge in [-0.25, -0.2) is 13.1 Å². The molecule has 0 heterocycles. The Morgan fingerprint density at radius 2 is 1.48 bits per heavy atom. The van der Waals surface area contributed by atoms with Crippen LogP contribution in [-0.4, -0.2) is 30.5 Å². The van der Waals surface area contributed by atoms with Crippen LogP contribution < -0.4 is 10.0 Å². The molecule has 0 unspecified atom stereocenters. The number of rotatable bonds is 9. The lowest BCUT2D eigenvalue weighted by Crippen LogP contribution is -2.42. The monoisotopic (exact) mass is 469 g/mol. The summed E-state index contributed by atoms with van der Waals surface area (Å²) >= 11 is 0. The first kappa shape index (κ1) is 24.1. The second-order valence-electron chi connectivity index (χ2n) is 7.39. The van der Waals surface area contributed by atoms with Gasteiger partial charge in [-0.1, -0.05) is 67.6 Å². The van der Waals surface area contributed by atoms with Crippen LogP contribution in [0.15, 0.2) is 89.8 Å². The fourth-order valence-electron chi connectivity index (χ4n) is 3.36. The van der Waals surface area contributed by atoms with E-state index in [1.165, 1.54) is 19.1 Å². The lowest BCUT2D eigenvalue weighted by Gasteiger charge is -2.28. The van der Waals surface area contributed by atoms with Crippen LogP contribution in [0, 0.1) is 16.0 Å². The largest absolute Gasteiger partial charge is 0.383 e. The number of hydrogen-bond donors (Lipinski definition) is 3. The number of amides is 1. The van der Waals surface area contributed by atoms with E-state index in [4.69, 9.17) is 0 Å². The van der Waals surface area contributed by atoms with Crippen molar-refractivity contribution in [1.29, 1.82) is 0 Å². The summed E-state index contributed by atoms with van der Waals surface area (Å²) in [4.78, 5) is 22.7. The van der Waals surface area contributed by atoms with Gasteiger partial charge in [-0.05, 0) is 23.8 Å². The Hall–Kier alpha value is -3.60. The molecule has 9 nitrogen and oxygen atoms in total. The Bertz CT molecular complexity index is 1220. The normalized spacial score (nSPS) is 14.1. The predicted molar refractivity (Wildman–Crippen MR) is 123 cm³/mol. The van der Waals surface area contributed by atoms with Gasteiger partial charge in [0, 0.05) is 17.7 Å². The van der Waals surface area contributed by atoms with E-state index >= 15 is 0 Å². The summed E-state index contributed by atoms with van der Waals surface area (Å²) in [5.41, 5.74) is 0.385. The first-order valence-corrected chi connectivity index (χ1v) is 11.5. The van der Waals surface area contributed by atoms with Crippen molar-refractivity contribution in [1.82, 2.24) is 4.72 Å². The maximum Gasteiger partial charge on any atom is 0.289 e. The number of carbonyl (C=O) groups excluding carboxylic acids is 1. The zero-order chi connectivity index (χ0) is 24.0. The molecule has 0 saturated heterocycles. The highest BCUT2D eigenvalue weighted by molar-refractivity contribution is 7.89. The van der Waals surface area contributed by atoms with Crippen molar-refractivity contribution in [2.24, 2.45) is 5.92 Å². The van der Waals surface area contributed by atoms with Crippen LogP contribution in [0.3, 0.4) is 0 Å². The van der Waals surface area contributed by atoms with E-state index in [9.17, 15) is 28.4 Å². The van der Waals surface area contributed by atoms with Crippen molar-refractivity contribution in [3.05, 3.63) is 101 Å². The van der Waals surface area contributed by atoms with Crippen molar-refractivity contribution < 1.29 is 23.2 Å². The number of benzene rings is 3. The number of aliphatic hydroxyl groups is 1. The first-order valence-electron chi connectivity index (χ1n) is 10.1. The maximum atomic E-state index is 13.1. The van der Waals surface area contributed by atoms with Gasteiger partial charge in [0.1, 0.15) is 6.10 Å². The second-order valence-corrected chi connectivity index (χ2v) is 9.08. The van der Waals surface area contributed by atoms with Gasteiger partial charge in [0.15, 0.2) is 4.90 Å². The van der Waals surface area contributed by atoms with Gasteiger partial charge in [0.05, 0.1) is 11.0 Å². The quantitative estimate of drug-likeness (QED) is 0.325. The Morgan fingerprint density at radius 1 is 0.939 bits per heavy atom. The molecule has 1 amide bonds. The van der Waals surface area contributed by atoms with E-state index in [0.29, 0.717) is 11.3 Å². The average Bonchev–Trinajstić information content (AvgIpc) is 2.82. The molecule has 0 aliphatic carbocycles. The summed E-state index contributed by atoms with van der Waals surface area (Å²) in [5.74, 6) is -1.63. The molecule has 0 saturated carbocycles. The molecule has 0 aliphatic heterocycles. The summed E-state index contributed by atoms with van der Waals surface area (Å²) in [7, 11) is -4.38. The van der Waals surface area contributed by atoms with E-state index in [1.807, 2.05) is 0 Å². The van der Waals surface area contributed by atoms with Crippen LogP contribution in [0.5, 0.6) is 0 Å². The average molecular weight is 470 g/mol. The Labute approximate surface area is 191 Å². The van der Waals surface area contributed by atoms with E-state index in [0.717, 1.165) is 12.1 Å². The van der Waals surface area contributed by atoms with Crippen LogP contribution in [0.4, 0.5) is 11.4 Å². The van der Waals surface area contributed by atoms with Crippen molar-refractivity contribution in [3.8, 4) is 0 Å². The van der Waals surface area contributed by atoms with Crippen LogP contribution >= 0.6 is 0 Å². The van der Waals surface area contributed by atoms with Crippen LogP contribution in [-0.2, 0) is 14.8 Å². The van der Waals surface area contributed by atoms with Crippen LogP contribution in [0.1, 0.15) is 18.5 Å². The fraction of sp³-hybridized carbons (Fsp3) is 0.174. The summed E-state index contributed by atoms with van der Waals surface area (Å²) in [6.07, 6.45) is -1.58. The van der Waals surface area contributed by atoms with Crippen molar-refractivity contribution >= 4 is 27.3 Å². The van der Waals surface area contributed by atoms with Crippen molar-refractivity contribution in [2.75, 3.05) is 5.32 Å². The third kappa shape index (κ3) is 5.80. The van der Waals surface area contributed by atoms with Crippen LogP contribution in [0.2, 0.25) is 0 Å². The second kappa shape index (κ2) is 10.3. The standard InChI is InChI=1S/C23H23N3O6S/c1-16(22(27)23(28)24-18-12-6-3-7-13-18)21(17-10-4-2-5-11-17)25-33(31,32)20-15-9-8-14-19(20)26(29)30/h2-16,21-22,25,27H,1H3,(H,24,28)/t16-,21+,22-/m0/s1. The Kier molecular flexibility index (Phi) is 7.54. The number of nitro groups is 1. The Morgan fingerprint density at radius 3 is 2.09 bits per heavy atom. The number of anilines is 1. The number of sulfonamides is 1. The van der Waals surface area contributed by atoms with E-state index < -0.39 is 49.5 Å². The lowest BCUT2D eigenvalue weighted by molar-refractivity contribution is -0.387. The molecule has 0 aromatic heterocycles. The van der Waals surface area contributed by atoms with Gasteiger partial charge in [-0.2, -0.15) is 0 Å². The highest BCUT2D eigenvalue weighted by atomic mass is 32.2. The van der Waals surface area contributed by atoms with Gasteiger partial charge in [-0.15, -0.1) is 0 Å². The van der Waals surface area contributed by atoms with Crippen LogP contribution in [0.25, 0.3) is 0 Å². The number of carbonyl (C=O) groups is 1. The SMILES string of the molecule is C[C@H]([C@H](O)C(=O)Nc1ccccc1)[C@@H](NS(=O)(=O)c1ccccc1[N+](=O)[O-])c1ccccc1. The first-order chi connectivity index (χ1) is 15.7. The number of nitro benzene ring substituents is 1. The highest BCUT2D eigenvalue weighted by Crippen LogP contribution is 2.30. The van der Waals surface area contributed by atoms with Crippen molar-refractivity contribution in [2.45, 2.75) is 24.0 Å². The molecule has 3 aromatic carbocycles. The molecule has 0 spiro atoms. The fourth-order valence-corrected chi connectivity index (χ4v) is 4.85. The summed E-state index contributed by atoms with van der Waals surface area (Å²) < 4.78 is 28.7. The van der Waals surface area contributed by atoms with Gasteiger partial charge in [0.2, 0.25) is 10.0 Å². The minimum atomic E-state index is -4.38. The molecule has 172 valence electrons. The zero-order valence-corrected chi connectivity index (χ0v) is 18.5. The topological polar surface area (TPSA) is 139 Å². The Balaban J connectivity index is 1.92. The number of para-hydroxylation sites is 2. The molecule has 10 heteroatoms. The lowest BCUT2D eigenvalue weighted by atomic mass is 9.90. The van der Waals surface area contributed by atoms with Gasteiger partial charge >= 0.3 is 0 Å². The molecule has 3 rings (SSSR count). The number of aliphatic hydroxyl groups excluding tert-OH is 1. The van der Waals surface area contributed by atoms with Crippen molar-refractivity contribution in [3.63, 3.8) is 0 Å². The zero-order valence-electron chi connectivity index (χ0n) is 17.7. The molecular formula is C23H23N3O6S. The van der Waals surface area contributed by atoms with Gasteiger partial charge in [0.25, 0.3) is 11.6 Å². The van der Waals surface area contributed by atoms with Gasteiger partial charge in [-0.3, -0.25) is 14.9 Å². The molecule has 33 heavy (non-hydrogen) atoms. The third-order valence-electron chi connectivity index (χ3n) is 5.13. The summed E-state index contributed by atoms with van der Waals surface area (Å²) in [6, 6.07) is 20.8. The molecule has 3 N–H and O–H groups in total. The molecule has 0 aliphatic rings. The predicted octanol–water partition coefficient (Wildman–Crippen LogP) is 3.25. The molecule has 0 fully saturated rings. The number of nitrogens with one attached hydrogen (secondary N) is 2. The minimum absolute atomic E-state index is 0.477. The minimum Gasteiger partial charge on any atom is -0.383 e. The molecule has 3 aromatic rings. The summed E-state index contributed by atoms with van der Waals surface area (Å²) in [5, 5.41) is 24.7. The van der Waals surface area contributed by atoms with E-state index in [2.05, 4.69) is 10.0 Å². The van der Waals surface area contributed by atoms with E-state index in [-0.39, 0.29) is 0 Å². The third-order valence-corrected chi connectivity index (χ3v) is 6.61. The smallest absolute Gasteiger partial charge is 0.289 e. The molecule has 0 bridgehead atoms. The molecule has 3 atom stereocenters. The molecule has 0 radical (unpaired) electrons. The summed E-state index contributed by atoms with van der Waals surface area (Å²) in [6.45, 7) is 1.52. The molecular weight excluding hydrogens is 446 g/mol. The van der Waals surface area contributed by atoms with Gasteiger partial charge < -0.3 is 10.4 Å². The number of nitrogens with zero attached hydrogens (tertiary/aromatic N) is 1. The maximum absolute atomic E-state index is 13.1. The highest BCUT2D eigenvalue weighted by Gasteiger charge is 2.35. The van der Waals surface area contributed by atoms with E-state index in [1.54, 1.807) is 60.7 Å². The number of hydrogen-bond acceptors (Lipinski definition) is 6.